The summed E-state index contributed by atoms with van der Waals surface area (Å²) in [5.41, 5.74) is 0. The molecule has 0 spiro atoms. The summed E-state index contributed by atoms with van der Waals surface area (Å²) >= 11 is 0. The Morgan fingerprint density at radius 2 is 2.38 bits per heavy atom. The first-order valence-electron chi connectivity index (χ1n) is 4.22. The maximum atomic E-state index is 11.0. The van der Waals surface area contributed by atoms with Crippen LogP contribution in [0.5, 0.6) is 0 Å². The molecule has 0 heterocycles. The lowest BCUT2D eigenvalue weighted by atomic mass is 9.92. The summed E-state index contributed by atoms with van der Waals surface area (Å²) in [5.74, 6) is -1.22. The van der Waals surface area contributed by atoms with E-state index in [0.717, 1.165) is 0 Å². The van der Waals surface area contributed by atoms with Crippen molar-refractivity contribution in [2.24, 2.45) is 5.92 Å². The van der Waals surface area contributed by atoms with Crippen LogP contribution in [0.15, 0.2) is 11.8 Å². The molecule has 0 saturated carbocycles. The van der Waals surface area contributed by atoms with Crippen LogP contribution in [0.3, 0.4) is 0 Å². The van der Waals surface area contributed by atoms with E-state index in [2.05, 4.69) is 0 Å². The van der Waals surface area contributed by atoms with Crippen molar-refractivity contribution in [1.29, 1.82) is 0 Å². The molecule has 4 nitrogen and oxygen atoms in total. The summed E-state index contributed by atoms with van der Waals surface area (Å²) in [5, 5.41) is 8.71. The molecule has 0 saturated heterocycles. The lowest BCUT2D eigenvalue weighted by Crippen LogP contribution is -2.22. The van der Waals surface area contributed by atoms with Crippen LogP contribution in [-0.2, 0) is 14.3 Å². The normalized spacial score (nSPS) is 22.4. The summed E-state index contributed by atoms with van der Waals surface area (Å²) in [6, 6.07) is 0. The van der Waals surface area contributed by atoms with Gasteiger partial charge in [0.05, 0.1) is 12.5 Å². The number of carbonyl (C=O) groups excluding carboxylic acids is 1. The van der Waals surface area contributed by atoms with Crippen molar-refractivity contribution in [3.05, 3.63) is 11.8 Å². The molecule has 0 bridgehead atoms. The van der Waals surface area contributed by atoms with Gasteiger partial charge in [0.2, 0.25) is 0 Å². The molecule has 0 aromatic heterocycles. The molecular weight excluding hydrogens is 172 g/mol. The minimum Gasteiger partial charge on any atom is -0.498 e. The summed E-state index contributed by atoms with van der Waals surface area (Å²) in [7, 11) is 0. The molecule has 0 aromatic carbocycles. The number of hydrogen-bond acceptors (Lipinski definition) is 3. The summed E-state index contributed by atoms with van der Waals surface area (Å²) in [6.07, 6.45) is 1.81. The predicted octanol–water partition coefficient (Wildman–Crippen LogP) is 0.970. The first-order valence-corrected chi connectivity index (χ1v) is 4.22. The average molecular weight is 184 g/mol. The van der Waals surface area contributed by atoms with Crippen LogP contribution in [0.2, 0.25) is 0 Å². The van der Waals surface area contributed by atoms with Gasteiger partial charge in [-0.1, -0.05) is 0 Å². The third kappa shape index (κ3) is 2.57. The van der Waals surface area contributed by atoms with Crippen molar-refractivity contribution in [3.63, 3.8) is 0 Å². The van der Waals surface area contributed by atoms with Gasteiger partial charge >= 0.3 is 5.97 Å². The number of aliphatic carboxylic acids is 1. The summed E-state index contributed by atoms with van der Waals surface area (Å²) in [4.78, 5) is 21.7. The van der Waals surface area contributed by atoms with E-state index in [4.69, 9.17) is 9.84 Å². The van der Waals surface area contributed by atoms with Gasteiger partial charge in [0.1, 0.15) is 5.76 Å². The van der Waals surface area contributed by atoms with Crippen molar-refractivity contribution in [2.75, 3.05) is 6.61 Å². The zero-order valence-corrected chi connectivity index (χ0v) is 7.45. The second-order valence-corrected chi connectivity index (χ2v) is 2.95. The molecule has 1 rings (SSSR count). The maximum Gasteiger partial charge on any atom is 0.307 e. The van der Waals surface area contributed by atoms with Gasteiger partial charge in [-0.3, -0.25) is 9.59 Å². The maximum absolute atomic E-state index is 11.0. The molecule has 0 fully saturated rings. The van der Waals surface area contributed by atoms with Gasteiger partial charge in [-0.25, -0.2) is 0 Å². The van der Waals surface area contributed by atoms with E-state index in [0.29, 0.717) is 18.8 Å². The topological polar surface area (TPSA) is 63.6 Å². The van der Waals surface area contributed by atoms with Crippen LogP contribution < -0.4 is 0 Å². The van der Waals surface area contributed by atoms with Crippen LogP contribution >= 0.6 is 0 Å². The lowest BCUT2D eigenvalue weighted by molar-refractivity contribution is -0.144. The summed E-state index contributed by atoms with van der Waals surface area (Å²) < 4.78 is 5.11. The van der Waals surface area contributed by atoms with Gasteiger partial charge in [-0.05, 0) is 6.92 Å². The molecule has 1 unspecified atom stereocenters. The van der Waals surface area contributed by atoms with Crippen molar-refractivity contribution in [2.45, 2.75) is 19.8 Å². The van der Waals surface area contributed by atoms with E-state index in [1.165, 1.54) is 6.08 Å². The minimum absolute atomic E-state index is 0.0892. The standard InChI is InChI=1S/C9H12O4/c1-2-13-8-4-6(9(11)12)3-7(10)5-8/h5-6H,2-4H2,1H3,(H,11,12). The second-order valence-electron chi connectivity index (χ2n) is 2.95. The Labute approximate surface area is 76.2 Å². The lowest BCUT2D eigenvalue weighted by Gasteiger charge is -2.18. The monoisotopic (exact) mass is 184 g/mol. The third-order valence-corrected chi connectivity index (χ3v) is 1.90. The average Bonchev–Trinajstić information content (AvgIpc) is 2.03. The van der Waals surface area contributed by atoms with E-state index in [1.807, 2.05) is 0 Å². The van der Waals surface area contributed by atoms with E-state index in [1.54, 1.807) is 6.92 Å². The van der Waals surface area contributed by atoms with Gasteiger partial charge in [0.15, 0.2) is 5.78 Å². The van der Waals surface area contributed by atoms with E-state index >= 15 is 0 Å². The predicted molar refractivity (Wildman–Crippen MR) is 45.1 cm³/mol. The third-order valence-electron chi connectivity index (χ3n) is 1.90. The van der Waals surface area contributed by atoms with E-state index in [-0.39, 0.29) is 12.2 Å². The zero-order chi connectivity index (χ0) is 9.84. The number of hydrogen-bond donors (Lipinski definition) is 1. The van der Waals surface area contributed by atoms with E-state index in [9.17, 15) is 9.59 Å². The van der Waals surface area contributed by atoms with Crippen LogP contribution in [0.4, 0.5) is 0 Å². The Morgan fingerprint density at radius 3 is 2.92 bits per heavy atom. The van der Waals surface area contributed by atoms with Crippen LogP contribution in [0.25, 0.3) is 0 Å². The van der Waals surface area contributed by atoms with Gasteiger partial charge < -0.3 is 9.84 Å². The fourth-order valence-corrected chi connectivity index (χ4v) is 1.32. The minimum atomic E-state index is -0.932. The van der Waals surface area contributed by atoms with Gasteiger partial charge in [-0.15, -0.1) is 0 Å². The first kappa shape index (κ1) is 9.77. The smallest absolute Gasteiger partial charge is 0.307 e. The molecule has 0 aliphatic heterocycles. The highest BCUT2D eigenvalue weighted by Crippen LogP contribution is 2.22. The Bertz CT molecular complexity index is 254. The molecule has 1 N–H and O–H groups in total. The molecule has 0 aromatic rings. The summed E-state index contributed by atoms with van der Waals surface area (Å²) in [6.45, 7) is 2.27. The molecule has 1 aliphatic rings. The Hall–Kier alpha value is -1.32. The van der Waals surface area contributed by atoms with Crippen molar-refractivity contribution in [1.82, 2.24) is 0 Å². The Kier molecular flexibility index (Phi) is 3.06. The number of carboxylic acids is 1. The second kappa shape index (κ2) is 4.07. The Morgan fingerprint density at radius 1 is 1.69 bits per heavy atom. The molecule has 0 amide bonds. The number of ether oxygens (including phenoxy) is 1. The van der Waals surface area contributed by atoms with Crippen LogP contribution in [-0.4, -0.2) is 23.5 Å². The largest absolute Gasteiger partial charge is 0.498 e. The molecule has 4 heteroatoms. The van der Waals surface area contributed by atoms with Gasteiger partial charge in [-0.2, -0.15) is 0 Å². The van der Waals surface area contributed by atoms with Crippen molar-refractivity contribution >= 4 is 11.8 Å². The van der Waals surface area contributed by atoms with Crippen LogP contribution in [0, 0.1) is 5.92 Å². The van der Waals surface area contributed by atoms with Crippen molar-refractivity contribution in [3.8, 4) is 0 Å². The highest BCUT2D eigenvalue weighted by Gasteiger charge is 2.26. The van der Waals surface area contributed by atoms with E-state index < -0.39 is 11.9 Å². The molecule has 0 radical (unpaired) electrons. The van der Waals surface area contributed by atoms with Crippen molar-refractivity contribution < 1.29 is 19.4 Å². The SMILES string of the molecule is CCOC1=CC(=O)CC(C(=O)O)C1. The number of carbonyl (C=O) groups is 2. The number of rotatable bonds is 3. The fraction of sp³-hybridized carbons (Fsp3) is 0.556. The van der Waals surface area contributed by atoms with Gasteiger partial charge in [0.25, 0.3) is 0 Å². The Balaban J connectivity index is 2.67. The molecular formula is C9H12O4. The molecule has 1 atom stereocenters. The zero-order valence-electron chi connectivity index (χ0n) is 7.45. The molecule has 72 valence electrons. The fourth-order valence-electron chi connectivity index (χ4n) is 1.32. The molecule has 13 heavy (non-hydrogen) atoms. The first-order chi connectivity index (χ1) is 6.13. The van der Waals surface area contributed by atoms with Crippen LogP contribution in [0.1, 0.15) is 19.8 Å². The highest BCUT2D eigenvalue weighted by atomic mass is 16.5. The van der Waals surface area contributed by atoms with Gasteiger partial charge in [0, 0.05) is 18.9 Å². The number of ketones is 1. The number of allylic oxidation sites excluding steroid dienone is 2. The highest BCUT2D eigenvalue weighted by molar-refractivity contribution is 5.94. The number of carboxylic acid groups (broad SMARTS) is 1. The quantitative estimate of drug-likeness (QED) is 0.709. The molecule has 1 aliphatic carbocycles.